The highest BCUT2D eigenvalue weighted by Crippen LogP contribution is 2.30. The van der Waals surface area contributed by atoms with Crippen LogP contribution in [0.2, 0.25) is 0 Å². The third-order valence-electron chi connectivity index (χ3n) is 2.15. The molecule has 0 amide bonds. The van der Waals surface area contributed by atoms with Crippen LogP contribution in [0.3, 0.4) is 0 Å². The number of nitrogens with zero attached hydrogens (tertiary/aromatic N) is 1. The van der Waals surface area contributed by atoms with Crippen molar-refractivity contribution < 1.29 is 8.42 Å². The van der Waals surface area contributed by atoms with E-state index in [1.54, 1.807) is 7.05 Å². The van der Waals surface area contributed by atoms with Gasteiger partial charge in [0.15, 0.2) is 15.8 Å². The summed E-state index contributed by atoms with van der Waals surface area (Å²) in [4.78, 5) is 3.67. The first-order chi connectivity index (χ1) is 6.53. The van der Waals surface area contributed by atoms with Crippen LogP contribution in [0.25, 0.3) is 0 Å². The Hall–Kier alpha value is -0.0500. The van der Waals surface area contributed by atoms with Gasteiger partial charge in [0.05, 0.1) is 11.5 Å². The zero-order valence-corrected chi connectivity index (χ0v) is 11.9. The fraction of sp³-hybridized carbons (Fsp3) is 0.875. The summed E-state index contributed by atoms with van der Waals surface area (Å²) < 4.78 is 22.9. The number of hydrogen-bond donors (Lipinski definition) is 2. The second-order valence-corrected chi connectivity index (χ2v) is 5.82. The Balaban J connectivity index is 0.00000196. The SMILES string of the molecule is CN=C(N)NCCS(=O)(=O)CC1CC1.I. The Labute approximate surface area is 108 Å². The Kier molecular flexibility index (Phi) is 6.49. The van der Waals surface area contributed by atoms with Gasteiger partial charge in [-0.15, -0.1) is 24.0 Å². The van der Waals surface area contributed by atoms with E-state index < -0.39 is 9.84 Å². The topological polar surface area (TPSA) is 84.5 Å². The minimum atomic E-state index is -2.90. The maximum atomic E-state index is 11.4. The molecule has 0 heterocycles. The zero-order chi connectivity index (χ0) is 10.6. The van der Waals surface area contributed by atoms with E-state index in [2.05, 4.69) is 10.3 Å². The number of halogens is 1. The lowest BCUT2D eigenvalue weighted by Crippen LogP contribution is -2.35. The molecule has 0 unspecified atom stereocenters. The van der Waals surface area contributed by atoms with Crippen molar-refractivity contribution >= 4 is 39.8 Å². The Morgan fingerprint density at radius 3 is 2.60 bits per heavy atom. The van der Waals surface area contributed by atoms with Gasteiger partial charge in [-0.25, -0.2) is 8.42 Å². The summed E-state index contributed by atoms with van der Waals surface area (Å²) in [5, 5.41) is 2.73. The number of guanidine groups is 1. The molecule has 3 N–H and O–H groups in total. The van der Waals surface area contributed by atoms with Crippen LogP contribution in [0.5, 0.6) is 0 Å². The largest absolute Gasteiger partial charge is 0.370 e. The molecule has 0 aromatic rings. The molecule has 1 aliphatic carbocycles. The van der Waals surface area contributed by atoms with Crippen LogP contribution in [0.4, 0.5) is 0 Å². The van der Waals surface area contributed by atoms with Crippen LogP contribution < -0.4 is 11.1 Å². The first kappa shape index (κ1) is 14.9. The maximum absolute atomic E-state index is 11.4. The first-order valence-corrected chi connectivity index (χ1v) is 6.52. The lowest BCUT2D eigenvalue weighted by atomic mass is 10.5. The van der Waals surface area contributed by atoms with Crippen LogP contribution in [-0.2, 0) is 9.84 Å². The van der Waals surface area contributed by atoms with Crippen LogP contribution in [0.15, 0.2) is 4.99 Å². The fourth-order valence-electron chi connectivity index (χ4n) is 1.14. The van der Waals surface area contributed by atoms with E-state index in [0.717, 1.165) is 12.8 Å². The van der Waals surface area contributed by atoms with Crippen LogP contribution in [0.1, 0.15) is 12.8 Å². The molecule has 15 heavy (non-hydrogen) atoms. The summed E-state index contributed by atoms with van der Waals surface area (Å²) in [7, 11) is -1.34. The van der Waals surface area contributed by atoms with Gasteiger partial charge in [-0.1, -0.05) is 0 Å². The van der Waals surface area contributed by atoms with Crippen molar-refractivity contribution in [1.82, 2.24) is 5.32 Å². The summed E-state index contributed by atoms with van der Waals surface area (Å²) in [6, 6.07) is 0. The van der Waals surface area contributed by atoms with Gasteiger partial charge in [0.2, 0.25) is 0 Å². The molecule has 1 aliphatic rings. The monoisotopic (exact) mass is 347 g/mol. The highest BCUT2D eigenvalue weighted by Gasteiger charge is 2.27. The number of nitrogens with one attached hydrogen (secondary N) is 1. The molecule has 1 rings (SSSR count). The summed E-state index contributed by atoms with van der Waals surface area (Å²) in [6.45, 7) is 0.345. The van der Waals surface area contributed by atoms with Crippen molar-refractivity contribution in [2.75, 3.05) is 25.1 Å². The van der Waals surface area contributed by atoms with E-state index in [9.17, 15) is 8.42 Å². The maximum Gasteiger partial charge on any atom is 0.188 e. The molecule has 0 bridgehead atoms. The molecule has 0 spiro atoms. The lowest BCUT2D eigenvalue weighted by Gasteiger charge is -2.05. The van der Waals surface area contributed by atoms with Crippen molar-refractivity contribution in [3.05, 3.63) is 0 Å². The predicted molar refractivity (Wildman–Crippen MR) is 72.3 cm³/mol. The molecule has 7 heteroatoms. The molecular weight excluding hydrogens is 329 g/mol. The van der Waals surface area contributed by atoms with E-state index >= 15 is 0 Å². The minimum Gasteiger partial charge on any atom is -0.370 e. The van der Waals surface area contributed by atoms with Gasteiger partial charge in [-0.2, -0.15) is 0 Å². The van der Waals surface area contributed by atoms with Gasteiger partial charge in [0.1, 0.15) is 0 Å². The van der Waals surface area contributed by atoms with Crippen molar-refractivity contribution in [2.45, 2.75) is 12.8 Å². The summed E-state index contributed by atoms with van der Waals surface area (Å²) in [6.07, 6.45) is 2.12. The van der Waals surface area contributed by atoms with Gasteiger partial charge >= 0.3 is 0 Å². The van der Waals surface area contributed by atoms with Crippen molar-refractivity contribution in [1.29, 1.82) is 0 Å². The van der Waals surface area contributed by atoms with Gasteiger partial charge in [0.25, 0.3) is 0 Å². The van der Waals surface area contributed by atoms with Gasteiger partial charge in [-0.05, 0) is 18.8 Å². The Morgan fingerprint density at radius 1 is 1.53 bits per heavy atom. The second-order valence-electron chi connectivity index (χ2n) is 3.59. The summed E-state index contributed by atoms with van der Waals surface area (Å²) in [5.41, 5.74) is 5.36. The number of sulfone groups is 1. The molecule has 0 aromatic carbocycles. The third kappa shape index (κ3) is 6.93. The quantitative estimate of drug-likeness (QED) is 0.415. The molecular formula is C8H18IN3O2S. The molecule has 5 nitrogen and oxygen atoms in total. The third-order valence-corrected chi connectivity index (χ3v) is 3.95. The van der Waals surface area contributed by atoms with Crippen molar-refractivity contribution in [3.63, 3.8) is 0 Å². The fourth-order valence-corrected chi connectivity index (χ4v) is 2.77. The average molecular weight is 347 g/mol. The standard InChI is InChI=1S/C8H17N3O2S.HI/c1-10-8(9)11-4-5-14(12,13)6-7-2-3-7;/h7H,2-6H2,1H3,(H3,9,10,11);1H. The molecule has 0 aliphatic heterocycles. The smallest absolute Gasteiger partial charge is 0.188 e. The van der Waals surface area contributed by atoms with E-state index in [1.165, 1.54) is 0 Å². The van der Waals surface area contributed by atoms with E-state index in [-0.39, 0.29) is 35.7 Å². The van der Waals surface area contributed by atoms with E-state index in [4.69, 9.17) is 5.73 Å². The molecule has 1 fully saturated rings. The van der Waals surface area contributed by atoms with Crippen molar-refractivity contribution in [3.8, 4) is 0 Å². The van der Waals surface area contributed by atoms with Gasteiger partial charge in [-0.3, -0.25) is 4.99 Å². The second kappa shape index (κ2) is 6.51. The summed E-state index contributed by atoms with van der Waals surface area (Å²) in [5.74, 6) is 1.17. The van der Waals surface area contributed by atoms with Crippen LogP contribution >= 0.6 is 24.0 Å². The van der Waals surface area contributed by atoms with Crippen LogP contribution in [0, 0.1) is 5.92 Å². The highest BCUT2D eigenvalue weighted by atomic mass is 127. The Bertz CT molecular complexity index is 312. The van der Waals surface area contributed by atoms with Crippen molar-refractivity contribution in [2.24, 2.45) is 16.6 Å². The summed E-state index contributed by atoms with van der Waals surface area (Å²) >= 11 is 0. The predicted octanol–water partition coefficient (Wildman–Crippen LogP) is -0.0367. The number of aliphatic imine (C=N–C) groups is 1. The number of hydrogen-bond acceptors (Lipinski definition) is 3. The van der Waals surface area contributed by atoms with Crippen LogP contribution in [-0.4, -0.2) is 39.5 Å². The molecule has 0 saturated heterocycles. The van der Waals surface area contributed by atoms with Gasteiger partial charge in [0, 0.05) is 13.6 Å². The molecule has 0 aromatic heterocycles. The zero-order valence-electron chi connectivity index (χ0n) is 8.77. The average Bonchev–Trinajstić information content (AvgIpc) is 2.86. The Morgan fingerprint density at radius 2 is 2.13 bits per heavy atom. The molecule has 1 saturated carbocycles. The van der Waals surface area contributed by atoms with Gasteiger partial charge < -0.3 is 11.1 Å². The number of nitrogens with two attached hydrogens (primary N) is 1. The molecule has 0 atom stereocenters. The minimum absolute atomic E-state index is 0. The lowest BCUT2D eigenvalue weighted by molar-refractivity contribution is 0.591. The molecule has 0 radical (unpaired) electrons. The molecule has 90 valence electrons. The normalized spacial score (nSPS) is 17.0. The first-order valence-electron chi connectivity index (χ1n) is 4.70. The van der Waals surface area contributed by atoms with E-state index in [1.807, 2.05) is 0 Å². The van der Waals surface area contributed by atoms with E-state index in [0.29, 0.717) is 18.2 Å². The number of rotatable bonds is 5. The highest BCUT2D eigenvalue weighted by molar-refractivity contribution is 14.0.